The number of hydrogen-bond donors (Lipinski definition) is 0. The number of benzene rings is 6. The van der Waals surface area contributed by atoms with Crippen molar-refractivity contribution in [2.45, 2.75) is 137 Å². The van der Waals surface area contributed by atoms with Crippen LogP contribution in [0.3, 0.4) is 0 Å². The Bertz CT molecular complexity index is 2790. The molecule has 6 aromatic rings. The Kier molecular flexibility index (Phi) is 8.28. The molecule has 0 radical (unpaired) electrons. The number of hydrogen-bond acceptors (Lipinski definition) is 2. The van der Waals surface area contributed by atoms with Crippen LogP contribution in [0, 0.1) is 6.85 Å². The summed E-state index contributed by atoms with van der Waals surface area (Å²) in [5.41, 5.74) is 18.6. The van der Waals surface area contributed by atoms with E-state index in [2.05, 4.69) is 203 Å². The van der Waals surface area contributed by atoms with Crippen molar-refractivity contribution in [3.63, 3.8) is 0 Å². The van der Waals surface area contributed by atoms with Gasteiger partial charge >= 0.3 is 0 Å². The van der Waals surface area contributed by atoms with E-state index in [1.165, 1.54) is 38.7 Å². The van der Waals surface area contributed by atoms with E-state index in [-0.39, 0.29) is 33.8 Å². The van der Waals surface area contributed by atoms with Crippen molar-refractivity contribution >= 4 is 57.2 Å². The van der Waals surface area contributed by atoms with E-state index >= 15 is 0 Å². The molecule has 0 fully saturated rings. The second kappa shape index (κ2) is 13.5. The lowest BCUT2D eigenvalue weighted by molar-refractivity contribution is 0.332. The number of fused-ring (bicyclic) bond motifs is 5. The molecule has 3 heteroatoms. The highest BCUT2D eigenvalue weighted by atomic mass is 15.2. The van der Waals surface area contributed by atoms with Crippen LogP contribution >= 0.6 is 0 Å². The van der Waals surface area contributed by atoms with Gasteiger partial charge in [0.25, 0.3) is 6.71 Å². The van der Waals surface area contributed by atoms with Gasteiger partial charge in [0.15, 0.2) is 0 Å². The van der Waals surface area contributed by atoms with E-state index in [9.17, 15) is 0 Å². The third-order valence-electron chi connectivity index (χ3n) is 14.1. The van der Waals surface area contributed by atoms with Gasteiger partial charge in [0.2, 0.25) is 0 Å². The lowest BCUT2D eigenvalue weighted by Gasteiger charge is -2.48. The Morgan fingerprint density at radius 1 is 0.500 bits per heavy atom. The maximum absolute atomic E-state index is 9.06. The van der Waals surface area contributed by atoms with E-state index in [0.29, 0.717) is 5.56 Å². The largest absolute Gasteiger partial charge is 0.311 e. The van der Waals surface area contributed by atoms with E-state index in [1.54, 1.807) is 0 Å². The van der Waals surface area contributed by atoms with Crippen molar-refractivity contribution in [3.05, 3.63) is 149 Å². The summed E-state index contributed by atoms with van der Waals surface area (Å²) < 4.78 is 27.2. The average molecular weight is 792 g/mol. The van der Waals surface area contributed by atoms with Crippen LogP contribution in [0.5, 0.6) is 0 Å². The van der Waals surface area contributed by atoms with Crippen LogP contribution in [-0.4, -0.2) is 6.71 Å². The number of anilines is 6. The predicted octanol–water partition coefficient (Wildman–Crippen LogP) is 14.0. The molecule has 0 amide bonds. The highest BCUT2D eigenvalue weighted by molar-refractivity contribution is 7.00. The highest BCUT2D eigenvalue weighted by Gasteiger charge is 2.47. The van der Waals surface area contributed by atoms with E-state index in [1.807, 2.05) is 12.1 Å². The first-order valence-electron chi connectivity index (χ1n) is 23.7. The van der Waals surface area contributed by atoms with Crippen LogP contribution in [-0.2, 0) is 27.1 Å². The van der Waals surface area contributed by atoms with Gasteiger partial charge in [-0.05, 0) is 151 Å². The molecule has 3 aliphatic rings. The summed E-state index contributed by atoms with van der Waals surface area (Å²) in [6.07, 6.45) is 2.20. The van der Waals surface area contributed by atoms with Gasteiger partial charge in [-0.15, -0.1) is 0 Å². The molecule has 0 unspecified atom stereocenters. The molecule has 306 valence electrons. The minimum absolute atomic E-state index is 0.0212. The normalized spacial score (nSPS) is 17.5. The van der Waals surface area contributed by atoms with E-state index in [0.717, 1.165) is 63.6 Å². The molecular weight excluding hydrogens is 723 g/mol. The molecule has 0 atom stereocenters. The number of aryl methyl sites for hydroxylation is 1. The topological polar surface area (TPSA) is 6.48 Å². The van der Waals surface area contributed by atoms with Gasteiger partial charge < -0.3 is 9.80 Å². The Labute approximate surface area is 366 Å². The lowest BCUT2D eigenvalue weighted by Crippen LogP contribution is -2.62. The maximum Gasteiger partial charge on any atom is 0.252 e. The van der Waals surface area contributed by atoms with Crippen LogP contribution in [0.2, 0.25) is 0 Å². The molecule has 2 heterocycles. The first kappa shape index (κ1) is 36.8. The van der Waals surface area contributed by atoms with Gasteiger partial charge in [-0.1, -0.05) is 157 Å². The molecule has 9 rings (SSSR count). The van der Waals surface area contributed by atoms with Crippen LogP contribution in [0.1, 0.15) is 140 Å². The zero-order chi connectivity index (χ0) is 45.4. The van der Waals surface area contributed by atoms with Gasteiger partial charge in [-0.25, -0.2) is 0 Å². The summed E-state index contributed by atoms with van der Waals surface area (Å²) in [5.74, 6) is 0. The molecule has 2 nitrogen and oxygen atoms in total. The first-order valence-corrected chi connectivity index (χ1v) is 22.2. The first-order chi connectivity index (χ1) is 29.3. The summed E-state index contributed by atoms with van der Waals surface area (Å²) in [6.45, 7) is 27.6. The quantitative estimate of drug-likeness (QED) is 0.164. The minimum Gasteiger partial charge on any atom is -0.311 e. The summed E-state index contributed by atoms with van der Waals surface area (Å²) >= 11 is 0. The Morgan fingerprint density at radius 2 is 1.05 bits per heavy atom. The van der Waals surface area contributed by atoms with E-state index in [4.69, 9.17) is 4.11 Å². The summed E-state index contributed by atoms with van der Waals surface area (Å²) in [7, 11) is 0. The second-order valence-corrected chi connectivity index (χ2v) is 22.4. The van der Waals surface area contributed by atoms with Crippen molar-refractivity contribution in [3.8, 4) is 11.1 Å². The fourth-order valence-corrected chi connectivity index (χ4v) is 10.2. The SMILES string of the molecule is [2H]C([2H])([2H])c1cc2c3c(c1)N(c1ccc(C(C)(C)C)cc1-c1ccccc1)c1cc4c(cc1B3c1cc(C(C)(C)C)ccc1N2c1cccc(C(C)(C)C)c1)C(C)(C)CCC4(C)C. The maximum atomic E-state index is 9.06. The van der Waals surface area contributed by atoms with Crippen molar-refractivity contribution in [1.29, 1.82) is 0 Å². The molecule has 1 aliphatic carbocycles. The standard InChI is InChI=1S/C57H65BN2/c1-36-29-50-52-51(30-36)60(47-25-23-39(54(5,6)7)32-42(47)37-19-16-15-17-20-37)49-35-44-43(56(11,12)27-28-57(44,13)14)34-46(49)58(52)45-33-40(55(8,9)10)24-26-48(45)59(50)41-22-18-21-38(31-41)53(2,3)4/h15-26,29-35H,27-28H2,1-14H3/i1D3. The molecule has 0 aromatic heterocycles. The molecular formula is C57H65BN2. The van der Waals surface area contributed by atoms with Crippen molar-refractivity contribution < 1.29 is 4.11 Å². The Morgan fingerprint density at radius 3 is 1.67 bits per heavy atom. The third kappa shape index (κ3) is 6.54. The van der Waals surface area contributed by atoms with E-state index < -0.39 is 6.85 Å². The molecule has 2 aliphatic heterocycles. The van der Waals surface area contributed by atoms with Gasteiger partial charge in [0.1, 0.15) is 0 Å². The Hall–Kier alpha value is -5.02. The van der Waals surface area contributed by atoms with Gasteiger partial charge in [0.05, 0.1) is 5.69 Å². The molecule has 60 heavy (non-hydrogen) atoms. The average Bonchev–Trinajstić information content (AvgIpc) is 3.20. The molecule has 0 spiro atoms. The summed E-state index contributed by atoms with van der Waals surface area (Å²) in [6, 6.07) is 42.7. The Balaban J connectivity index is 1.48. The van der Waals surface area contributed by atoms with Crippen molar-refractivity contribution in [2.24, 2.45) is 0 Å². The van der Waals surface area contributed by atoms with Crippen LogP contribution in [0.15, 0.2) is 115 Å². The van der Waals surface area contributed by atoms with Crippen molar-refractivity contribution in [2.75, 3.05) is 9.80 Å². The van der Waals surface area contributed by atoms with Gasteiger partial charge in [0, 0.05) is 38.1 Å². The van der Waals surface area contributed by atoms with Crippen LogP contribution in [0.4, 0.5) is 34.1 Å². The second-order valence-electron chi connectivity index (χ2n) is 22.4. The zero-order valence-corrected chi connectivity index (χ0v) is 38.4. The molecule has 0 saturated heterocycles. The van der Waals surface area contributed by atoms with Crippen LogP contribution < -0.4 is 26.2 Å². The fraction of sp³-hybridized carbons (Fsp3) is 0.368. The summed E-state index contributed by atoms with van der Waals surface area (Å²) in [5, 5.41) is 0. The number of nitrogens with zero attached hydrogens (tertiary/aromatic N) is 2. The molecule has 0 N–H and O–H groups in total. The minimum atomic E-state index is -2.36. The molecule has 0 saturated carbocycles. The van der Waals surface area contributed by atoms with Crippen LogP contribution in [0.25, 0.3) is 11.1 Å². The lowest BCUT2D eigenvalue weighted by atomic mass is 9.33. The molecule has 0 bridgehead atoms. The van der Waals surface area contributed by atoms with Gasteiger partial charge in [-0.3, -0.25) is 0 Å². The van der Waals surface area contributed by atoms with Gasteiger partial charge in [-0.2, -0.15) is 0 Å². The highest BCUT2D eigenvalue weighted by Crippen LogP contribution is 2.52. The third-order valence-corrected chi connectivity index (χ3v) is 14.1. The predicted molar refractivity (Wildman–Crippen MR) is 262 cm³/mol. The molecule has 6 aromatic carbocycles. The monoisotopic (exact) mass is 792 g/mol. The van der Waals surface area contributed by atoms with Crippen molar-refractivity contribution in [1.82, 2.24) is 0 Å². The number of rotatable bonds is 3. The zero-order valence-electron chi connectivity index (χ0n) is 41.4. The fourth-order valence-electron chi connectivity index (χ4n) is 10.2. The summed E-state index contributed by atoms with van der Waals surface area (Å²) in [4.78, 5) is 4.83. The smallest absolute Gasteiger partial charge is 0.252 e.